The molecule has 2 atom stereocenters. The van der Waals surface area contributed by atoms with Crippen molar-refractivity contribution in [2.24, 2.45) is 0 Å². The first-order valence-electron chi connectivity index (χ1n) is 5.21. The monoisotopic (exact) mass is 272 g/mol. The molecule has 2 unspecified atom stereocenters. The van der Waals surface area contributed by atoms with Gasteiger partial charge >= 0.3 is 0 Å². The summed E-state index contributed by atoms with van der Waals surface area (Å²) >= 11 is 9.47. The summed E-state index contributed by atoms with van der Waals surface area (Å²) in [4.78, 5) is 12.2. The van der Waals surface area contributed by atoms with E-state index in [0.29, 0.717) is 10.3 Å². The molecule has 0 N–H and O–H groups in total. The van der Waals surface area contributed by atoms with E-state index in [1.807, 2.05) is 23.9 Å². The summed E-state index contributed by atoms with van der Waals surface area (Å²) in [5, 5.41) is 1.18. The maximum Gasteiger partial charge on any atom is 0.176 e. The van der Waals surface area contributed by atoms with E-state index >= 15 is 0 Å². The van der Waals surface area contributed by atoms with Crippen LogP contribution in [0.4, 0.5) is 0 Å². The minimum absolute atomic E-state index is 0.0972. The average Bonchev–Trinajstić information content (AvgIpc) is 2.30. The van der Waals surface area contributed by atoms with E-state index in [1.165, 1.54) is 0 Å². The van der Waals surface area contributed by atoms with Crippen LogP contribution in [0.15, 0.2) is 24.3 Å². The molecule has 0 radical (unpaired) electrons. The normalized spacial score (nSPS) is 25.4. The zero-order chi connectivity index (χ0) is 11.5. The van der Waals surface area contributed by atoms with E-state index in [0.717, 1.165) is 17.1 Å². The molecule has 1 aliphatic rings. The lowest BCUT2D eigenvalue weighted by Gasteiger charge is -2.26. The second-order valence-corrected chi connectivity index (χ2v) is 6.91. The van der Waals surface area contributed by atoms with Crippen molar-refractivity contribution in [1.29, 1.82) is 0 Å². The average molecular weight is 273 g/mol. The zero-order valence-corrected chi connectivity index (χ0v) is 11.4. The molecule has 0 saturated carbocycles. The van der Waals surface area contributed by atoms with Gasteiger partial charge in [-0.2, -0.15) is 11.8 Å². The van der Waals surface area contributed by atoms with Crippen LogP contribution >= 0.6 is 35.1 Å². The fraction of sp³-hybridized carbons (Fsp3) is 0.417. The third kappa shape index (κ3) is 2.76. The van der Waals surface area contributed by atoms with E-state index in [9.17, 15) is 4.79 Å². The molecule has 86 valence electrons. The molecule has 4 heteroatoms. The van der Waals surface area contributed by atoms with Crippen molar-refractivity contribution >= 4 is 40.9 Å². The highest BCUT2D eigenvalue weighted by Gasteiger charge is 2.29. The third-order valence-electron chi connectivity index (χ3n) is 2.57. The number of hydrogen-bond acceptors (Lipinski definition) is 3. The van der Waals surface area contributed by atoms with Crippen LogP contribution in [0.25, 0.3) is 0 Å². The van der Waals surface area contributed by atoms with Crippen LogP contribution in [-0.4, -0.2) is 27.8 Å². The van der Waals surface area contributed by atoms with Gasteiger partial charge in [0.25, 0.3) is 0 Å². The molecular weight excluding hydrogens is 260 g/mol. The van der Waals surface area contributed by atoms with Crippen molar-refractivity contribution in [2.75, 3.05) is 11.5 Å². The number of carbonyl (C=O) groups is 1. The summed E-state index contributed by atoms with van der Waals surface area (Å²) in [6.45, 7) is 2.13. The van der Waals surface area contributed by atoms with Gasteiger partial charge < -0.3 is 0 Å². The zero-order valence-electron chi connectivity index (χ0n) is 8.98. The summed E-state index contributed by atoms with van der Waals surface area (Å²) in [6, 6.07) is 7.19. The summed E-state index contributed by atoms with van der Waals surface area (Å²) in [7, 11) is 0. The Morgan fingerprint density at radius 2 is 1.88 bits per heavy atom. The van der Waals surface area contributed by atoms with E-state index in [-0.39, 0.29) is 11.0 Å². The summed E-state index contributed by atoms with van der Waals surface area (Å²) < 4.78 is 0. The second kappa shape index (κ2) is 5.48. The van der Waals surface area contributed by atoms with Crippen LogP contribution in [0.1, 0.15) is 17.3 Å². The number of hydrogen-bond donors (Lipinski definition) is 0. The Hall–Kier alpha value is -0.120. The lowest BCUT2D eigenvalue weighted by atomic mass is 10.1. The van der Waals surface area contributed by atoms with Gasteiger partial charge in [-0.05, 0) is 24.3 Å². The number of thioether (sulfide) groups is 2. The number of ketones is 1. The Balaban J connectivity index is 2.14. The maximum absolute atomic E-state index is 12.2. The maximum atomic E-state index is 12.2. The minimum atomic E-state index is 0.0972. The predicted molar refractivity (Wildman–Crippen MR) is 73.9 cm³/mol. The molecule has 0 spiro atoms. The van der Waals surface area contributed by atoms with Gasteiger partial charge in [-0.1, -0.05) is 18.5 Å². The molecule has 0 bridgehead atoms. The summed E-state index contributed by atoms with van der Waals surface area (Å²) in [5.41, 5.74) is 0.774. The highest BCUT2D eigenvalue weighted by Crippen LogP contribution is 2.33. The van der Waals surface area contributed by atoms with Crippen LogP contribution < -0.4 is 0 Å². The molecule has 1 heterocycles. The Bertz CT molecular complexity index is 377. The first-order valence-corrected chi connectivity index (χ1v) is 7.69. The molecule has 0 aromatic heterocycles. The predicted octanol–water partition coefficient (Wildman–Crippen LogP) is 3.76. The lowest BCUT2D eigenvalue weighted by Crippen LogP contribution is -2.31. The Morgan fingerprint density at radius 3 is 2.50 bits per heavy atom. The largest absolute Gasteiger partial charge is 0.293 e. The van der Waals surface area contributed by atoms with Gasteiger partial charge in [-0.15, -0.1) is 11.8 Å². The highest BCUT2D eigenvalue weighted by molar-refractivity contribution is 8.07. The van der Waals surface area contributed by atoms with Crippen molar-refractivity contribution in [3.63, 3.8) is 0 Å². The van der Waals surface area contributed by atoms with E-state index < -0.39 is 0 Å². The molecule has 1 nitrogen and oxygen atoms in total. The Kier molecular flexibility index (Phi) is 4.22. The Morgan fingerprint density at radius 1 is 1.25 bits per heavy atom. The van der Waals surface area contributed by atoms with Crippen molar-refractivity contribution in [1.82, 2.24) is 0 Å². The Labute approximate surface area is 109 Å². The van der Waals surface area contributed by atoms with Crippen molar-refractivity contribution < 1.29 is 4.79 Å². The highest BCUT2D eigenvalue weighted by atomic mass is 35.5. The minimum Gasteiger partial charge on any atom is -0.293 e. The summed E-state index contributed by atoms with van der Waals surface area (Å²) in [5.74, 6) is 2.45. The summed E-state index contributed by atoms with van der Waals surface area (Å²) in [6.07, 6.45) is 0. The topological polar surface area (TPSA) is 17.1 Å². The van der Waals surface area contributed by atoms with E-state index in [1.54, 1.807) is 23.9 Å². The molecule has 16 heavy (non-hydrogen) atoms. The first kappa shape index (κ1) is 12.3. The molecule has 1 saturated heterocycles. The number of halogens is 1. The van der Waals surface area contributed by atoms with Crippen molar-refractivity contribution in [3.8, 4) is 0 Å². The number of rotatable bonds is 2. The fourth-order valence-electron chi connectivity index (χ4n) is 1.70. The van der Waals surface area contributed by atoms with Crippen LogP contribution in [0.5, 0.6) is 0 Å². The molecule has 1 fully saturated rings. The molecular formula is C12H13ClOS2. The second-order valence-electron chi connectivity index (χ2n) is 3.74. The van der Waals surface area contributed by atoms with E-state index in [4.69, 9.17) is 11.6 Å². The van der Waals surface area contributed by atoms with Gasteiger partial charge in [-0.25, -0.2) is 0 Å². The molecule has 0 aliphatic carbocycles. The van der Waals surface area contributed by atoms with Crippen LogP contribution in [0, 0.1) is 0 Å². The first-order chi connectivity index (χ1) is 7.68. The van der Waals surface area contributed by atoms with E-state index in [2.05, 4.69) is 6.92 Å². The number of Topliss-reactive ketones (excluding diaryl/α,β-unsaturated/α-hetero) is 1. The SMILES string of the molecule is CC1SCCSC1C(=O)c1ccc(Cl)cc1. The quantitative estimate of drug-likeness (QED) is 0.763. The molecule has 2 rings (SSSR count). The lowest BCUT2D eigenvalue weighted by molar-refractivity contribution is 0.0989. The van der Waals surface area contributed by atoms with Crippen LogP contribution in [0.2, 0.25) is 5.02 Å². The van der Waals surface area contributed by atoms with Gasteiger partial charge in [0.05, 0.1) is 5.25 Å². The smallest absolute Gasteiger partial charge is 0.176 e. The fourth-order valence-corrected chi connectivity index (χ4v) is 4.55. The van der Waals surface area contributed by atoms with Crippen LogP contribution in [-0.2, 0) is 0 Å². The number of benzene rings is 1. The van der Waals surface area contributed by atoms with Gasteiger partial charge in [0.15, 0.2) is 5.78 Å². The number of carbonyl (C=O) groups excluding carboxylic acids is 1. The van der Waals surface area contributed by atoms with Gasteiger partial charge in [-0.3, -0.25) is 4.79 Å². The van der Waals surface area contributed by atoms with Gasteiger partial charge in [0.1, 0.15) is 0 Å². The molecule has 1 aromatic rings. The third-order valence-corrected chi connectivity index (χ3v) is 5.92. The van der Waals surface area contributed by atoms with Crippen molar-refractivity contribution in [3.05, 3.63) is 34.9 Å². The van der Waals surface area contributed by atoms with Crippen molar-refractivity contribution in [2.45, 2.75) is 17.4 Å². The molecule has 1 aliphatic heterocycles. The standard InChI is InChI=1S/C12H13ClOS2/c1-8-12(16-7-6-15-8)11(14)9-2-4-10(13)5-3-9/h2-5,8,12H,6-7H2,1H3. The van der Waals surface area contributed by atoms with Gasteiger partial charge in [0.2, 0.25) is 0 Å². The molecule has 0 amide bonds. The molecule has 1 aromatic carbocycles. The van der Waals surface area contributed by atoms with Crippen LogP contribution in [0.3, 0.4) is 0 Å². The van der Waals surface area contributed by atoms with Gasteiger partial charge in [0, 0.05) is 27.3 Å².